The lowest BCUT2D eigenvalue weighted by atomic mass is 10.1. The highest BCUT2D eigenvalue weighted by molar-refractivity contribution is 6.05. The van der Waals surface area contributed by atoms with E-state index in [-0.39, 0.29) is 22.8 Å². The Morgan fingerprint density at radius 2 is 2.04 bits per heavy atom. The molecule has 0 unspecified atom stereocenters. The highest BCUT2D eigenvalue weighted by Gasteiger charge is 2.25. The first kappa shape index (κ1) is 16.1. The van der Waals surface area contributed by atoms with Crippen LogP contribution in [-0.4, -0.2) is 26.1 Å². The molecule has 2 rings (SSSR count). The minimum Gasteiger partial charge on any atom is -0.497 e. The van der Waals surface area contributed by atoms with Crippen molar-refractivity contribution in [3.8, 4) is 11.8 Å². The largest absolute Gasteiger partial charge is 0.497 e. The van der Waals surface area contributed by atoms with E-state index in [1.165, 1.54) is 21.1 Å². The molecular weight excluding hydrogens is 300 g/mol. The third kappa shape index (κ3) is 3.16. The van der Waals surface area contributed by atoms with Crippen molar-refractivity contribution in [2.24, 2.45) is 0 Å². The summed E-state index contributed by atoms with van der Waals surface area (Å²) >= 11 is 0. The number of nitrogens with one attached hydrogen (secondary N) is 1. The van der Waals surface area contributed by atoms with E-state index in [0.717, 1.165) is 0 Å². The summed E-state index contributed by atoms with van der Waals surface area (Å²) in [6.45, 7) is 1.51. The first-order chi connectivity index (χ1) is 11.0. The lowest BCUT2D eigenvalue weighted by Gasteiger charge is -2.05. The molecule has 23 heavy (non-hydrogen) atoms. The number of methoxy groups -OCH3 is 2. The van der Waals surface area contributed by atoms with Gasteiger partial charge in [-0.3, -0.25) is 10.1 Å². The van der Waals surface area contributed by atoms with Gasteiger partial charge in [0, 0.05) is 5.56 Å². The number of aryl methyl sites for hydroxylation is 1. The Kier molecular flexibility index (Phi) is 4.66. The van der Waals surface area contributed by atoms with E-state index in [9.17, 15) is 14.9 Å². The van der Waals surface area contributed by atoms with Gasteiger partial charge in [-0.25, -0.2) is 4.79 Å². The van der Waals surface area contributed by atoms with Gasteiger partial charge in [-0.15, -0.1) is 0 Å². The molecule has 0 aliphatic heterocycles. The van der Waals surface area contributed by atoms with Crippen molar-refractivity contribution in [3.05, 3.63) is 46.7 Å². The molecule has 0 saturated heterocycles. The maximum Gasteiger partial charge on any atom is 0.342 e. The molecule has 1 N–H and O–H groups in total. The first-order valence-corrected chi connectivity index (χ1v) is 6.59. The van der Waals surface area contributed by atoms with Crippen LogP contribution >= 0.6 is 0 Å². The zero-order chi connectivity index (χ0) is 17.0. The maximum atomic E-state index is 12.3. The van der Waals surface area contributed by atoms with Crippen LogP contribution in [0.25, 0.3) is 0 Å². The second-order valence-corrected chi connectivity index (χ2v) is 4.53. The molecule has 0 spiro atoms. The number of nitriles is 1. The number of carbonyl (C=O) groups is 2. The van der Waals surface area contributed by atoms with E-state index in [4.69, 9.17) is 9.15 Å². The summed E-state index contributed by atoms with van der Waals surface area (Å²) in [5, 5.41) is 11.7. The molecule has 0 fully saturated rings. The monoisotopic (exact) mass is 314 g/mol. The van der Waals surface area contributed by atoms with Gasteiger partial charge in [-0.2, -0.15) is 5.26 Å². The van der Waals surface area contributed by atoms with Crippen molar-refractivity contribution >= 4 is 17.8 Å². The fourth-order valence-electron chi connectivity index (χ4n) is 2.03. The molecule has 1 aromatic heterocycles. The van der Waals surface area contributed by atoms with Gasteiger partial charge in [0.1, 0.15) is 28.7 Å². The molecule has 1 amide bonds. The second-order valence-electron chi connectivity index (χ2n) is 4.53. The summed E-state index contributed by atoms with van der Waals surface area (Å²) in [7, 11) is 2.69. The minimum atomic E-state index is -0.704. The molecule has 0 radical (unpaired) electrons. The topological polar surface area (TPSA) is 102 Å². The zero-order valence-corrected chi connectivity index (χ0v) is 12.8. The van der Waals surface area contributed by atoms with Crippen molar-refractivity contribution in [2.75, 3.05) is 19.5 Å². The van der Waals surface area contributed by atoms with E-state index < -0.39 is 11.9 Å². The molecule has 118 valence electrons. The SMILES string of the molecule is COC(=O)c1c(C)oc(NC(=O)c2cccc(OC)c2)c1C#N. The van der Waals surface area contributed by atoms with Crippen LogP contribution in [0.3, 0.4) is 0 Å². The van der Waals surface area contributed by atoms with E-state index >= 15 is 0 Å². The number of nitrogens with zero attached hydrogens (tertiary/aromatic N) is 1. The third-order valence-electron chi connectivity index (χ3n) is 3.14. The molecule has 1 aromatic carbocycles. The van der Waals surface area contributed by atoms with Crippen LogP contribution in [0.15, 0.2) is 28.7 Å². The summed E-state index contributed by atoms with van der Waals surface area (Å²) in [6.07, 6.45) is 0. The number of anilines is 1. The van der Waals surface area contributed by atoms with E-state index in [0.29, 0.717) is 11.3 Å². The van der Waals surface area contributed by atoms with E-state index in [2.05, 4.69) is 10.1 Å². The molecule has 0 aliphatic rings. The van der Waals surface area contributed by atoms with Gasteiger partial charge in [0.05, 0.1) is 14.2 Å². The number of amides is 1. The van der Waals surface area contributed by atoms with Crippen molar-refractivity contribution in [1.82, 2.24) is 0 Å². The van der Waals surface area contributed by atoms with E-state index in [1.807, 2.05) is 6.07 Å². The van der Waals surface area contributed by atoms with Gasteiger partial charge in [0.15, 0.2) is 0 Å². The molecule has 0 saturated carbocycles. The number of esters is 1. The third-order valence-corrected chi connectivity index (χ3v) is 3.14. The van der Waals surface area contributed by atoms with Crippen molar-refractivity contribution in [1.29, 1.82) is 5.26 Å². The number of benzene rings is 1. The predicted molar refractivity (Wildman–Crippen MR) is 80.4 cm³/mol. The maximum absolute atomic E-state index is 12.3. The van der Waals surface area contributed by atoms with Crippen LogP contribution in [-0.2, 0) is 4.74 Å². The lowest BCUT2D eigenvalue weighted by Crippen LogP contribution is -2.12. The van der Waals surface area contributed by atoms with Gasteiger partial charge in [-0.05, 0) is 25.1 Å². The fourth-order valence-corrected chi connectivity index (χ4v) is 2.03. The van der Waals surface area contributed by atoms with Crippen LogP contribution in [0, 0.1) is 18.3 Å². The Bertz CT molecular complexity index is 801. The molecule has 1 heterocycles. The van der Waals surface area contributed by atoms with Crippen LogP contribution in [0.1, 0.15) is 32.0 Å². The second kappa shape index (κ2) is 6.66. The van der Waals surface area contributed by atoms with Crippen molar-refractivity contribution < 1.29 is 23.5 Å². The molecule has 0 atom stereocenters. The van der Waals surface area contributed by atoms with Gasteiger partial charge >= 0.3 is 5.97 Å². The van der Waals surface area contributed by atoms with Crippen molar-refractivity contribution in [2.45, 2.75) is 6.92 Å². The van der Waals surface area contributed by atoms with Crippen molar-refractivity contribution in [3.63, 3.8) is 0 Å². The average molecular weight is 314 g/mol. The summed E-state index contributed by atoms with van der Waals surface area (Å²) in [5.74, 6) is -0.591. The molecule has 7 nitrogen and oxygen atoms in total. The molecule has 7 heteroatoms. The van der Waals surface area contributed by atoms with Gasteiger partial charge in [0.25, 0.3) is 5.91 Å². The smallest absolute Gasteiger partial charge is 0.342 e. The summed E-state index contributed by atoms with van der Waals surface area (Å²) in [6, 6.07) is 8.33. The van der Waals surface area contributed by atoms with Crippen LogP contribution in [0.4, 0.5) is 5.88 Å². The Balaban J connectivity index is 2.35. The lowest BCUT2D eigenvalue weighted by molar-refractivity contribution is 0.0598. The fraction of sp³-hybridized carbons (Fsp3) is 0.188. The molecule has 0 aliphatic carbocycles. The standard InChI is InChI=1S/C16H14N2O5/c1-9-13(16(20)22-3)12(8-17)15(23-9)18-14(19)10-5-4-6-11(7-10)21-2/h4-7H,1-3H3,(H,18,19). The number of carbonyl (C=O) groups excluding carboxylic acids is 2. The van der Waals surface area contributed by atoms with Crippen LogP contribution < -0.4 is 10.1 Å². The highest BCUT2D eigenvalue weighted by Crippen LogP contribution is 2.27. The Morgan fingerprint density at radius 1 is 1.30 bits per heavy atom. The minimum absolute atomic E-state index is 0.00376. The molecule has 0 bridgehead atoms. The molecular formula is C16H14N2O5. The number of hydrogen-bond acceptors (Lipinski definition) is 6. The summed E-state index contributed by atoms with van der Waals surface area (Å²) < 4.78 is 15.0. The highest BCUT2D eigenvalue weighted by atomic mass is 16.5. The van der Waals surface area contributed by atoms with Crippen LogP contribution in [0.2, 0.25) is 0 Å². The van der Waals surface area contributed by atoms with Gasteiger partial charge in [-0.1, -0.05) is 6.07 Å². The average Bonchev–Trinajstić information content (AvgIpc) is 2.89. The Morgan fingerprint density at radius 3 is 2.65 bits per heavy atom. The van der Waals surface area contributed by atoms with Gasteiger partial charge in [0.2, 0.25) is 5.88 Å². The Hall–Kier alpha value is -3.27. The summed E-state index contributed by atoms with van der Waals surface area (Å²) in [4.78, 5) is 24.0. The quantitative estimate of drug-likeness (QED) is 0.870. The predicted octanol–water partition coefficient (Wildman–Crippen LogP) is 2.51. The summed E-state index contributed by atoms with van der Waals surface area (Å²) in [5.41, 5.74) is 0.239. The normalized spacial score (nSPS) is 9.83. The Labute approximate surface area is 132 Å². The number of rotatable bonds is 4. The van der Waals surface area contributed by atoms with E-state index in [1.54, 1.807) is 24.3 Å². The molecule has 2 aromatic rings. The number of hydrogen-bond donors (Lipinski definition) is 1. The van der Waals surface area contributed by atoms with Crippen LogP contribution in [0.5, 0.6) is 5.75 Å². The first-order valence-electron chi connectivity index (χ1n) is 6.59. The zero-order valence-electron chi connectivity index (χ0n) is 12.8. The van der Waals surface area contributed by atoms with Gasteiger partial charge < -0.3 is 13.9 Å². The number of ether oxygens (including phenoxy) is 2. The number of furan rings is 1.